The Bertz CT molecular complexity index is 1080. The molecule has 2 aromatic rings. The number of amides is 1. The standard InChI is InChI=1S/C15H16N2O7S2/c1-9(18)17-11-4-6-13(15(8-11)26(22,23)24)12-5-3-10(16-2)7-14(12)25(19,20)21/h3-8,16H,1-2H3,(H,17,18)(H,19,20,21)(H,22,23,24). The van der Waals surface area contributed by atoms with Crippen LogP contribution >= 0.6 is 0 Å². The maximum Gasteiger partial charge on any atom is 0.295 e. The number of carbonyl (C=O) groups is 1. The highest BCUT2D eigenvalue weighted by molar-refractivity contribution is 7.86. The molecule has 1 amide bonds. The lowest BCUT2D eigenvalue weighted by atomic mass is 10.0. The van der Waals surface area contributed by atoms with Gasteiger partial charge in [-0.05, 0) is 24.3 Å². The van der Waals surface area contributed by atoms with Crippen molar-refractivity contribution in [1.29, 1.82) is 0 Å². The number of hydrogen-bond donors (Lipinski definition) is 4. The fourth-order valence-electron chi connectivity index (χ4n) is 2.35. The van der Waals surface area contributed by atoms with Gasteiger partial charge < -0.3 is 10.6 Å². The maximum atomic E-state index is 11.8. The fraction of sp³-hybridized carbons (Fsp3) is 0.133. The van der Waals surface area contributed by atoms with Crippen LogP contribution in [0.4, 0.5) is 11.4 Å². The molecule has 0 aliphatic carbocycles. The van der Waals surface area contributed by atoms with E-state index in [4.69, 9.17) is 0 Å². The summed E-state index contributed by atoms with van der Waals surface area (Å²) in [6, 6.07) is 7.44. The van der Waals surface area contributed by atoms with E-state index in [1.54, 1.807) is 0 Å². The summed E-state index contributed by atoms with van der Waals surface area (Å²) in [5.41, 5.74) is 0.171. The normalized spacial score (nSPS) is 11.8. The van der Waals surface area contributed by atoms with Crippen LogP contribution in [0.3, 0.4) is 0 Å². The Balaban J connectivity index is 2.82. The molecule has 0 aliphatic heterocycles. The van der Waals surface area contributed by atoms with Gasteiger partial charge in [0.05, 0.1) is 0 Å². The van der Waals surface area contributed by atoms with Gasteiger partial charge in [0.2, 0.25) is 5.91 Å². The van der Waals surface area contributed by atoms with Gasteiger partial charge in [0.1, 0.15) is 9.79 Å². The highest BCUT2D eigenvalue weighted by Gasteiger charge is 2.24. The lowest BCUT2D eigenvalue weighted by molar-refractivity contribution is -0.114. The second kappa shape index (κ2) is 7.03. The second-order valence-corrected chi connectivity index (χ2v) is 8.08. The predicted octanol–water partition coefficient (Wildman–Crippen LogP) is 1.85. The Kier molecular flexibility index (Phi) is 5.37. The Morgan fingerprint density at radius 2 is 1.27 bits per heavy atom. The summed E-state index contributed by atoms with van der Waals surface area (Å²) in [6.07, 6.45) is 0. The van der Waals surface area contributed by atoms with E-state index >= 15 is 0 Å². The highest BCUT2D eigenvalue weighted by Crippen LogP contribution is 2.35. The largest absolute Gasteiger partial charge is 0.388 e. The van der Waals surface area contributed by atoms with E-state index in [1.807, 2.05) is 0 Å². The number of rotatable bonds is 5. The van der Waals surface area contributed by atoms with Crippen molar-refractivity contribution in [2.45, 2.75) is 16.7 Å². The van der Waals surface area contributed by atoms with Crippen molar-refractivity contribution in [2.75, 3.05) is 17.7 Å². The van der Waals surface area contributed by atoms with Crippen molar-refractivity contribution < 1.29 is 30.7 Å². The predicted molar refractivity (Wildman–Crippen MR) is 95.4 cm³/mol. The van der Waals surface area contributed by atoms with E-state index in [1.165, 1.54) is 38.2 Å². The van der Waals surface area contributed by atoms with Crippen LogP contribution in [0.1, 0.15) is 6.92 Å². The molecule has 0 saturated heterocycles. The molecule has 0 saturated carbocycles. The zero-order valence-electron chi connectivity index (χ0n) is 13.7. The first-order valence-corrected chi connectivity index (χ1v) is 10.0. The van der Waals surface area contributed by atoms with Gasteiger partial charge in [-0.1, -0.05) is 12.1 Å². The smallest absolute Gasteiger partial charge is 0.295 e. The first kappa shape index (κ1) is 19.8. The first-order chi connectivity index (χ1) is 11.9. The van der Waals surface area contributed by atoms with Gasteiger partial charge >= 0.3 is 0 Å². The highest BCUT2D eigenvalue weighted by atomic mass is 32.2. The van der Waals surface area contributed by atoms with Gasteiger partial charge in [0.25, 0.3) is 20.2 Å². The number of carbonyl (C=O) groups excluding carboxylic acids is 1. The molecule has 2 aromatic carbocycles. The van der Waals surface area contributed by atoms with Gasteiger partial charge in [-0.2, -0.15) is 16.8 Å². The maximum absolute atomic E-state index is 11.8. The monoisotopic (exact) mass is 400 g/mol. The lowest BCUT2D eigenvalue weighted by Crippen LogP contribution is -2.09. The lowest BCUT2D eigenvalue weighted by Gasteiger charge is -2.14. The molecule has 0 aromatic heterocycles. The molecule has 0 bridgehead atoms. The molecule has 2 rings (SSSR count). The molecule has 0 atom stereocenters. The van der Waals surface area contributed by atoms with E-state index < -0.39 is 35.9 Å². The van der Waals surface area contributed by atoms with Crippen LogP contribution in [0, 0.1) is 0 Å². The molecule has 26 heavy (non-hydrogen) atoms. The van der Waals surface area contributed by atoms with Crippen molar-refractivity contribution >= 4 is 37.5 Å². The molecule has 9 nitrogen and oxygen atoms in total. The van der Waals surface area contributed by atoms with Crippen molar-refractivity contribution in [3.8, 4) is 11.1 Å². The molecule has 0 heterocycles. The van der Waals surface area contributed by atoms with E-state index in [0.29, 0.717) is 5.69 Å². The fourth-order valence-corrected chi connectivity index (χ4v) is 3.82. The SMILES string of the molecule is CNc1ccc(-c2ccc(NC(C)=O)cc2S(=O)(=O)O)c(S(=O)(=O)O)c1. The molecule has 11 heteroatoms. The molecule has 4 N–H and O–H groups in total. The summed E-state index contributed by atoms with van der Waals surface area (Å²) < 4.78 is 66.0. The summed E-state index contributed by atoms with van der Waals surface area (Å²) >= 11 is 0. The van der Waals surface area contributed by atoms with Crippen molar-refractivity contribution in [2.24, 2.45) is 0 Å². The molecule has 140 valence electrons. The average molecular weight is 400 g/mol. The van der Waals surface area contributed by atoms with Crippen LogP contribution < -0.4 is 10.6 Å². The van der Waals surface area contributed by atoms with Crippen LogP contribution in [-0.2, 0) is 25.0 Å². The van der Waals surface area contributed by atoms with Crippen molar-refractivity contribution in [1.82, 2.24) is 0 Å². The summed E-state index contributed by atoms with van der Waals surface area (Å²) in [5.74, 6) is -0.462. The van der Waals surface area contributed by atoms with Crippen LogP contribution in [0.5, 0.6) is 0 Å². The van der Waals surface area contributed by atoms with E-state index in [-0.39, 0.29) is 16.8 Å². The molecule has 0 spiro atoms. The third-order valence-electron chi connectivity index (χ3n) is 3.42. The molecule has 0 fully saturated rings. The Morgan fingerprint density at radius 1 is 0.846 bits per heavy atom. The summed E-state index contributed by atoms with van der Waals surface area (Å²) in [7, 11) is -7.92. The zero-order chi connectivity index (χ0) is 19.7. The van der Waals surface area contributed by atoms with Gasteiger partial charge in [-0.25, -0.2) is 0 Å². The molecule has 0 radical (unpaired) electrons. The Morgan fingerprint density at radius 3 is 1.65 bits per heavy atom. The van der Waals surface area contributed by atoms with Crippen LogP contribution in [0.25, 0.3) is 11.1 Å². The van der Waals surface area contributed by atoms with Gasteiger partial charge in [0, 0.05) is 36.5 Å². The Hall–Kier alpha value is -2.47. The minimum absolute atomic E-state index is 0.0918. The van der Waals surface area contributed by atoms with Crippen molar-refractivity contribution in [3.05, 3.63) is 36.4 Å². The minimum Gasteiger partial charge on any atom is -0.388 e. The van der Waals surface area contributed by atoms with Gasteiger partial charge in [-0.15, -0.1) is 0 Å². The molecular weight excluding hydrogens is 384 g/mol. The third kappa shape index (κ3) is 4.38. The third-order valence-corrected chi connectivity index (χ3v) is 5.21. The molecular formula is C15H16N2O7S2. The van der Waals surface area contributed by atoms with Crippen LogP contribution in [0.2, 0.25) is 0 Å². The number of benzene rings is 2. The molecule has 0 aliphatic rings. The van der Waals surface area contributed by atoms with E-state index in [2.05, 4.69) is 10.6 Å². The number of hydrogen-bond acceptors (Lipinski definition) is 6. The summed E-state index contributed by atoms with van der Waals surface area (Å²) in [4.78, 5) is 9.98. The molecule has 0 unspecified atom stereocenters. The van der Waals surface area contributed by atoms with Crippen LogP contribution in [0.15, 0.2) is 46.2 Å². The number of anilines is 2. The first-order valence-electron chi connectivity index (χ1n) is 7.12. The second-order valence-electron chi connectivity index (χ2n) is 5.30. The van der Waals surface area contributed by atoms with Gasteiger partial charge in [-0.3, -0.25) is 13.9 Å². The number of nitrogens with one attached hydrogen (secondary N) is 2. The van der Waals surface area contributed by atoms with Gasteiger partial charge in [0.15, 0.2) is 0 Å². The minimum atomic E-state index is -4.76. The average Bonchev–Trinajstić information content (AvgIpc) is 2.52. The zero-order valence-corrected chi connectivity index (χ0v) is 15.3. The quantitative estimate of drug-likeness (QED) is 0.555. The van der Waals surface area contributed by atoms with E-state index in [0.717, 1.165) is 12.1 Å². The van der Waals surface area contributed by atoms with Crippen molar-refractivity contribution in [3.63, 3.8) is 0 Å². The summed E-state index contributed by atoms with van der Waals surface area (Å²) in [5, 5.41) is 5.07. The van der Waals surface area contributed by atoms with E-state index in [9.17, 15) is 30.7 Å². The topological polar surface area (TPSA) is 150 Å². The van der Waals surface area contributed by atoms with Crippen LogP contribution in [-0.4, -0.2) is 38.9 Å². The Labute approximate surface area is 150 Å². The summed E-state index contributed by atoms with van der Waals surface area (Å²) in [6.45, 7) is 1.22.